The normalized spacial score (nSPS) is 11.3. The van der Waals surface area contributed by atoms with E-state index < -0.39 is 22.5 Å². The molecule has 3 rings (SSSR count). The van der Waals surface area contributed by atoms with Gasteiger partial charge in [0.15, 0.2) is 0 Å². The zero-order valence-corrected chi connectivity index (χ0v) is 18.6. The third-order valence-corrected chi connectivity index (χ3v) is 6.19. The van der Waals surface area contributed by atoms with E-state index in [0.717, 1.165) is 9.87 Å². The second-order valence-corrected chi connectivity index (χ2v) is 8.66. The maximum absolute atomic E-state index is 13.4. The summed E-state index contributed by atoms with van der Waals surface area (Å²) < 4.78 is 33.2. The third-order valence-electron chi connectivity index (χ3n) is 4.41. The van der Waals surface area contributed by atoms with Crippen LogP contribution >= 0.6 is 0 Å². The van der Waals surface area contributed by atoms with Crippen molar-refractivity contribution >= 4 is 27.8 Å². The van der Waals surface area contributed by atoms with Crippen molar-refractivity contribution in [3.63, 3.8) is 0 Å². The van der Waals surface area contributed by atoms with Crippen LogP contribution in [-0.4, -0.2) is 38.7 Å². The van der Waals surface area contributed by atoms with Gasteiger partial charge in [-0.15, -0.1) is 0 Å². The van der Waals surface area contributed by atoms with Gasteiger partial charge < -0.3 is 4.74 Å². The molecule has 9 heteroatoms. The number of rotatable bonds is 9. The van der Waals surface area contributed by atoms with E-state index in [1.807, 2.05) is 13.8 Å². The molecule has 3 aromatic rings. The summed E-state index contributed by atoms with van der Waals surface area (Å²) >= 11 is 0. The number of carbonyl (C=O) groups excluding carboxylic acids is 1. The number of sulfonamides is 1. The monoisotopic (exact) mass is 452 g/mol. The van der Waals surface area contributed by atoms with E-state index in [1.54, 1.807) is 60.8 Å². The molecule has 1 amide bonds. The second kappa shape index (κ2) is 10.5. The van der Waals surface area contributed by atoms with Crippen molar-refractivity contribution in [2.24, 2.45) is 5.10 Å². The summed E-state index contributed by atoms with van der Waals surface area (Å²) in [6.07, 6.45) is 2.99. The lowest BCUT2D eigenvalue weighted by Crippen LogP contribution is -2.39. The average Bonchev–Trinajstić information content (AvgIpc) is 2.79. The number of aryl methyl sites for hydroxylation is 1. The smallest absolute Gasteiger partial charge is 0.264 e. The number of nitrogens with one attached hydrogen (secondary N) is 1. The van der Waals surface area contributed by atoms with Gasteiger partial charge in [-0.3, -0.25) is 14.1 Å². The molecule has 1 heterocycles. The molecular weight excluding hydrogens is 428 g/mol. The van der Waals surface area contributed by atoms with Crippen LogP contribution in [0.4, 0.5) is 5.69 Å². The lowest BCUT2D eigenvalue weighted by atomic mass is 10.2. The van der Waals surface area contributed by atoms with Gasteiger partial charge in [-0.25, -0.2) is 13.8 Å². The van der Waals surface area contributed by atoms with Crippen molar-refractivity contribution in [1.29, 1.82) is 0 Å². The Morgan fingerprint density at radius 3 is 2.44 bits per heavy atom. The maximum atomic E-state index is 13.4. The highest BCUT2D eigenvalue weighted by molar-refractivity contribution is 7.92. The molecule has 0 saturated heterocycles. The van der Waals surface area contributed by atoms with Crippen LogP contribution in [0.1, 0.15) is 18.2 Å². The molecule has 0 unspecified atom stereocenters. The summed E-state index contributed by atoms with van der Waals surface area (Å²) in [5, 5.41) is 3.86. The first-order valence-corrected chi connectivity index (χ1v) is 11.4. The van der Waals surface area contributed by atoms with E-state index >= 15 is 0 Å². The fraction of sp³-hybridized carbons (Fsp3) is 0.174. The summed E-state index contributed by atoms with van der Waals surface area (Å²) in [6.45, 7) is 3.77. The van der Waals surface area contributed by atoms with Gasteiger partial charge in [-0.05, 0) is 62.4 Å². The molecule has 0 aliphatic rings. The van der Waals surface area contributed by atoms with Crippen LogP contribution in [0.3, 0.4) is 0 Å². The molecule has 0 atom stereocenters. The predicted molar refractivity (Wildman–Crippen MR) is 123 cm³/mol. The Balaban J connectivity index is 1.84. The molecule has 8 nitrogen and oxygen atoms in total. The molecule has 1 N–H and O–H groups in total. The zero-order valence-electron chi connectivity index (χ0n) is 17.8. The summed E-state index contributed by atoms with van der Waals surface area (Å²) in [6, 6.07) is 18.3. The molecular formula is C23H24N4O4S. The van der Waals surface area contributed by atoms with Crippen molar-refractivity contribution < 1.29 is 17.9 Å². The summed E-state index contributed by atoms with van der Waals surface area (Å²) in [5.74, 6) is -0.0257. The Labute approximate surface area is 187 Å². The molecule has 0 radical (unpaired) electrons. The zero-order chi connectivity index (χ0) is 23.0. The van der Waals surface area contributed by atoms with Crippen LogP contribution in [0, 0.1) is 6.92 Å². The van der Waals surface area contributed by atoms with Crippen LogP contribution in [-0.2, 0) is 14.8 Å². The van der Waals surface area contributed by atoms with Gasteiger partial charge in [0.2, 0.25) is 0 Å². The molecule has 0 aliphatic carbocycles. The first-order chi connectivity index (χ1) is 15.4. The van der Waals surface area contributed by atoms with Crippen LogP contribution in [0.5, 0.6) is 5.75 Å². The average molecular weight is 453 g/mol. The van der Waals surface area contributed by atoms with Gasteiger partial charge in [0, 0.05) is 6.20 Å². The van der Waals surface area contributed by atoms with Crippen LogP contribution in [0.2, 0.25) is 0 Å². The largest absolute Gasteiger partial charge is 0.494 e. The topological polar surface area (TPSA) is 101 Å². The lowest BCUT2D eigenvalue weighted by molar-refractivity contribution is -0.119. The Kier molecular flexibility index (Phi) is 7.56. The molecule has 0 spiro atoms. The lowest BCUT2D eigenvalue weighted by Gasteiger charge is -2.24. The van der Waals surface area contributed by atoms with E-state index in [4.69, 9.17) is 4.74 Å². The third kappa shape index (κ3) is 5.92. The SMILES string of the molecule is CCOc1ccc(S(=O)(=O)N(CC(=O)N/N=C\c2ccccn2)c2ccc(C)cc2)cc1. The van der Waals surface area contributed by atoms with E-state index in [1.165, 1.54) is 18.3 Å². The highest BCUT2D eigenvalue weighted by Crippen LogP contribution is 2.25. The van der Waals surface area contributed by atoms with Gasteiger partial charge in [-0.2, -0.15) is 5.10 Å². The summed E-state index contributed by atoms with van der Waals surface area (Å²) in [4.78, 5) is 16.7. The van der Waals surface area contributed by atoms with Crippen molar-refractivity contribution in [3.05, 3.63) is 84.2 Å². The summed E-state index contributed by atoms with van der Waals surface area (Å²) in [5.41, 5.74) is 4.25. The highest BCUT2D eigenvalue weighted by atomic mass is 32.2. The minimum absolute atomic E-state index is 0.0475. The molecule has 0 fully saturated rings. The fourth-order valence-electron chi connectivity index (χ4n) is 2.82. The number of carbonyl (C=O) groups is 1. The van der Waals surface area contributed by atoms with Crippen molar-refractivity contribution in [1.82, 2.24) is 10.4 Å². The van der Waals surface area contributed by atoms with Crippen molar-refractivity contribution in [2.45, 2.75) is 18.7 Å². The first kappa shape index (κ1) is 23.0. The Morgan fingerprint density at radius 1 is 1.09 bits per heavy atom. The van der Waals surface area contributed by atoms with Gasteiger partial charge in [0.25, 0.3) is 15.9 Å². The predicted octanol–water partition coefficient (Wildman–Crippen LogP) is 3.13. The van der Waals surface area contributed by atoms with E-state index in [0.29, 0.717) is 23.7 Å². The molecule has 1 aromatic heterocycles. The Hall–Kier alpha value is -3.72. The molecule has 2 aromatic carbocycles. The number of nitrogens with zero attached hydrogens (tertiary/aromatic N) is 3. The highest BCUT2D eigenvalue weighted by Gasteiger charge is 2.27. The number of hydrazone groups is 1. The number of pyridine rings is 1. The summed E-state index contributed by atoms with van der Waals surface area (Å²) in [7, 11) is -4.02. The number of hydrogen-bond acceptors (Lipinski definition) is 6. The first-order valence-electron chi connectivity index (χ1n) is 9.95. The maximum Gasteiger partial charge on any atom is 0.264 e. The van der Waals surface area contributed by atoms with E-state index in [2.05, 4.69) is 15.5 Å². The van der Waals surface area contributed by atoms with Crippen molar-refractivity contribution in [3.8, 4) is 5.75 Å². The molecule has 0 bridgehead atoms. The van der Waals surface area contributed by atoms with Gasteiger partial charge in [-0.1, -0.05) is 23.8 Å². The van der Waals surface area contributed by atoms with Crippen LogP contribution in [0.25, 0.3) is 0 Å². The Bertz CT molecular complexity index is 1160. The van der Waals surface area contributed by atoms with E-state index in [9.17, 15) is 13.2 Å². The standard InChI is InChI=1S/C23H24N4O4S/c1-3-31-21-11-13-22(14-12-21)32(29,30)27(20-9-7-18(2)8-10-20)17-23(28)26-25-16-19-6-4-5-15-24-19/h4-16H,3,17H2,1-2H3,(H,26,28)/b25-16-. The number of aromatic nitrogens is 1. The minimum Gasteiger partial charge on any atom is -0.494 e. The number of benzene rings is 2. The number of amides is 1. The molecule has 166 valence electrons. The number of hydrogen-bond donors (Lipinski definition) is 1. The molecule has 0 aliphatic heterocycles. The number of ether oxygens (including phenoxy) is 1. The van der Waals surface area contributed by atoms with Crippen LogP contribution in [0.15, 0.2) is 82.9 Å². The van der Waals surface area contributed by atoms with Gasteiger partial charge in [0.05, 0.1) is 29.1 Å². The Morgan fingerprint density at radius 2 is 1.81 bits per heavy atom. The van der Waals surface area contributed by atoms with Crippen LogP contribution < -0.4 is 14.5 Å². The second-order valence-electron chi connectivity index (χ2n) is 6.80. The quantitative estimate of drug-likeness (QED) is 0.397. The molecule has 0 saturated carbocycles. The van der Waals surface area contributed by atoms with Gasteiger partial charge >= 0.3 is 0 Å². The van der Waals surface area contributed by atoms with E-state index in [-0.39, 0.29) is 4.90 Å². The van der Waals surface area contributed by atoms with Gasteiger partial charge in [0.1, 0.15) is 12.3 Å². The fourth-order valence-corrected chi connectivity index (χ4v) is 4.24. The van der Waals surface area contributed by atoms with Crippen molar-refractivity contribution in [2.75, 3.05) is 17.5 Å². The minimum atomic E-state index is -4.02. The molecule has 32 heavy (non-hydrogen) atoms. The number of anilines is 1.